The van der Waals surface area contributed by atoms with E-state index in [1.165, 1.54) is 12.8 Å². The molecule has 6 nitrogen and oxygen atoms in total. The number of nitrogens with one attached hydrogen (secondary N) is 1. The monoisotopic (exact) mass is 399 g/mol. The molecule has 0 radical (unpaired) electrons. The number of aliphatic hydroxyl groups excluding tert-OH is 1. The van der Waals surface area contributed by atoms with Crippen LogP contribution in [0, 0.1) is 5.92 Å². The third-order valence-electron chi connectivity index (χ3n) is 6.86. The van der Waals surface area contributed by atoms with Gasteiger partial charge in [-0.05, 0) is 38.2 Å². The van der Waals surface area contributed by atoms with Gasteiger partial charge < -0.3 is 20.2 Å². The molecule has 0 bridgehead atoms. The van der Waals surface area contributed by atoms with Gasteiger partial charge in [-0.25, -0.2) is 4.79 Å². The molecule has 0 aromatic heterocycles. The number of urea groups is 1. The molecular formula is C23H33N3O3. The zero-order chi connectivity index (χ0) is 20.4. The third-order valence-corrected chi connectivity index (χ3v) is 6.86. The Morgan fingerprint density at radius 2 is 1.79 bits per heavy atom. The zero-order valence-corrected chi connectivity index (χ0v) is 17.3. The maximum Gasteiger partial charge on any atom is 0.317 e. The Morgan fingerprint density at radius 1 is 1.10 bits per heavy atom. The van der Waals surface area contributed by atoms with E-state index in [-0.39, 0.29) is 48.5 Å². The number of carbonyl (C=O) groups is 2. The molecule has 3 fully saturated rings. The second-order valence-corrected chi connectivity index (χ2v) is 8.74. The molecule has 158 valence electrons. The summed E-state index contributed by atoms with van der Waals surface area (Å²) >= 11 is 0. The molecule has 0 spiro atoms. The van der Waals surface area contributed by atoms with E-state index in [1.54, 1.807) is 0 Å². The third kappa shape index (κ3) is 4.13. The van der Waals surface area contributed by atoms with E-state index < -0.39 is 0 Å². The lowest BCUT2D eigenvalue weighted by molar-refractivity contribution is -0.153. The van der Waals surface area contributed by atoms with E-state index in [1.807, 2.05) is 34.9 Å². The SMILES string of the molecule is CCN(C[C@@H]1[C@@H](c2ccccc2)[C@@H](CO)N1C(=O)C1CC1)C(=O)NC1CCCC1. The Kier molecular flexibility index (Phi) is 6.09. The van der Waals surface area contributed by atoms with Gasteiger partial charge in [0.1, 0.15) is 0 Å². The quantitative estimate of drug-likeness (QED) is 0.740. The number of benzene rings is 1. The standard InChI is InChI=1S/C23H33N3O3/c1-2-25(23(29)24-18-10-6-7-11-18)14-19-21(16-8-4-3-5-9-16)20(15-27)26(19)22(28)17-12-13-17/h3-5,8-9,17-21,27H,2,6-7,10-15H2,1H3,(H,24,29)/t19-,20-,21-/m1/s1. The number of likely N-dealkylation sites (N-methyl/N-ethyl adjacent to an activating group) is 1. The van der Waals surface area contributed by atoms with Crippen LogP contribution < -0.4 is 5.32 Å². The Balaban J connectivity index is 1.52. The molecule has 6 heteroatoms. The number of hydrogen-bond donors (Lipinski definition) is 2. The minimum atomic E-state index is -0.202. The van der Waals surface area contributed by atoms with Crippen LogP contribution in [0.15, 0.2) is 30.3 Å². The lowest BCUT2D eigenvalue weighted by atomic mass is 9.74. The molecule has 29 heavy (non-hydrogen) atoms. The summed E-state index contributed by atoms with van der Waals surface area (Å²) in [4.78, 5) is 29.6. The second-order valence-electron chi connectivity index (χ2n) is 8.74. The van der Waals surface area contributed by atoms with Gasteiger partial charge >= 0.3 is 6.03 Å². The van der Waals surface area contributed by atoms with Gasteiger partial charge in [-0.3, -0.25) is 4.79 Å². The topological polar surface area (TPSA) is 72.9 Å². The normalized spacial score (nSPS) is 26.8. The first-order valence-electron chi connectivity index (χ1n) is 11.2. The highest BCUT2D eigenvalue weighted by Crippen LogP contribution is 2.44. The van der Waals surface area contributed by atoms with Crippen molar-refractivity contribution in [2.24, 2.45) is 5.92 Å². The van der Waals surface area contributed by atoms with Crippen LogP contribution in [0.2, 0.25) is 0 Å². The average molecular weight is 400 g/mol. The lowest BCUT2D eigenvalue weighted by Gasteiger charge is -2.56. The van der Waals surface area contributed by atoms with Crippen molar-refractivity contribution >= 4 is 11.9 Å². The number of amides is 3. The molecule has 1 aliphatic heterocycles. The summed E-state index contributed by atoms with van der Waals surface area (Å²) in [6, 6.07) is 10.1. The van der Waals surface area contributed by atoms with E-state index in [4.69, 9.17) is 0 Å². The molecule has 4 rings (SSSR count). The molecule has 1 aromatic carbocycles. The summed E-state index contributed by atoms with van der Waals surface area (Å²) in [6.07, 6.45) is 6.34. The van der Waals surface area contributed by atoms with Gasteiger partial charge in [0.05, 0.1) is 18.7 Å². The Hall–Kier alpha value is -2.08. The van der Waals surface area contributed by atoms with E-state index in [2.05, 4.69) is 17.4 Å². The van der Waals surface area contributed by atoms with Crippen LogP contribution >= 0.6 is 0 Å². The summed E-state index contributed by atoms with van der Waals surface area (Å²) in [7, 11) is 0. The number of rotatable bonds is 7. The summed E-state index contributed by atoms with van der Waals surface area (Å²) < 4.78 is 0. The van der Waals surface area contributed by atoms with Crippen LogP contribution in [0.3, 0.4) is 0 Å². The minimum absolute atomic E-state index is 0.0301. The van der Waals surface area contributed by atoms with Crippen LogP contribution in [0.1, 0.15) is 56.9 Å². The van der Waals surface area contributed by atoms with Crippen LogP contribution in [0.4, 0.5) is 4.79 Å². The minimum Gasteiger partial charge on any atom is -0.394 e. The van der Waals surface area contributed by atoms with E-state index in [0.717, 1.165) is 31.2 Å². The van der Waals surface area contributed by atoms with Gasteiger partial charge in [0.15, 0.2) is 0 Å². The van der Waals surface area contributed by atoms with Gasteiger partial charge in [0.25, 0.3) is 0 Å². The summed E-state index contributed by atoms with van der Waals surface area (Å²) in [5.41, 5.74) is 1.13. The first-order chi connectivity index (χ1) is 14.1. The number of nitrogens with zero attached hydrogens (tertiary/aromatic N) is 2. The van der Waals surface area contributed by atoms with Crippen molar-refractivity contribution in [3.8, 4) is 0 Å². The maximum atomic E-state index is 13.0. The highest BCUT2D eigenvalue weighted by Gasteiger charge is 2.54. The number of hydrogen-bond acceptors (Lipinski definition) is 3. The van der Waals surface area contributed by atoms with Crippen molar-refractivity contribution in [3.05, 3.63) is 35.9 Å². The Labute approximate surface area is 173 Å². The van der Waals surface area contributed by atoms with Gasteiger partial charge in [-0.2, -0.15) is 0 Å². The van der Waals surface area contributed by atoms with Crippen molar-refractivity contribution < 1.29 is 14.7 Å². The van der Waals surface area contributed by atoms with Crippen molar-refractivity contribution in [2.75, 3.05) is 19.7 Å². The van der Waals surface area contributed by atoms with Crippen LogP contribution in [0.25, 0.3) is 0 Å². The lowest BCUT2D eigenvalue weighted by Crippen LogP contribution is -2.69. The fourth-order valence-electron chi connectivity index (χ4n) is 5.05. The average Bonchev–Trinajstić information content (AvgIpc) is 3.46. The number of likely N-dealkylation sites (tertiary alicyclic amines) is 1. The summed E-state index contributed by atoms with van der Waals surface area (Å²) in [6.45, 7) is 3.05. The molecular weight excluding hydrogens is 366 g/mol. The predicted octanol–water partition coefficient (Wildman–Crippen LogP) is 2.73. The highest BCUT2D eigenvalue weighted by atomic mass is 16.3. The molecule has 2 aliphatic carbocycles. The Bertz CT molecular complexity index is 715. The number of aliphatic hydroxyl groups is 1. The highest BCUT2D eigenvalue weighted by molar-refractivity contribution is 5.83. The molecule has 1 heterocycles. The molecule has 3 aliphatic rings. The van der Waals surface area contributed by atoms with Crippen molar-refractivity contribution in [3.63, 3.8) is 0 Å². The van der Waals surface area contributed by atoms with E-state index in [0.29, 0.717) is 13.1 Å². The van der Waals surface area contributed by atoms with Crippen LogP contribution in [-0.2, 0) is 4.79 Å². The molecule has 0 unspecified atom stereocenters. The Morgan fingerprint density at radius 3 is 2.38 bits per heavy atom. The fourth-order valence-corrected chi connectivity index (χ4v) is 5.05. The molecule has 3 atom stereocenters. The van der Waals surface area contributed by atoms with Gasteiger partial charge in [-0.15, -0.1) is 0 Å². The summed E-state index contributed by atoms with van der Waals surface area (Å²) in [5.74, 6) is 0.302. The van der Waals surface area contributed by atoms with E-state index in [9.17, 15) is 14.7 Å². The van der Waals surface area contributed by atoms with Gasteiger partial charge in [0.2, 0.25) is 5.91 Å². The van der Waals surface area contributed by atoms with Crippen LogP contribution in [-0.4, -0.2) is 64.7 Å². The summed E-state index contributed by atoms with van der Waals surface area (Å²) in [5, 5.41) is 13.2. The first kappa shape index (κ1) is 20.2. The van der Waals surface area contributed by atoms with Crippen LogP contribution in [0.5, 0.6) is 0 Å². The zero-order valence-electron chi connectivity index (χ0n) is 17.3. The van der Waals surface area contributed by atoms with Crippen molar-refractivity contribution in [2.45, 2.75) is 69.5 Å². The molecule has 2 N–H and O–H groups in total. The van der Waals surface area contributed by atoms with Crippen molar-refractivity contribution in [1.29, 1.82) is 0 Å². The fraction of sp³-hybridized carbons (Fsp3) is 0.652. The molecule has 1 saturated heterocycles. The first-order valence-corrected chi connectivity index (χ1v) is 11.2. The second kappa shape index (κ2) is 8.74. The molecule has 1 aromatic rings. The predicted molar refractivity (Wildman–Crippen MR) is 111 cm³/mol. The smallest absolute Gasteiger partial charge is 0.317 e. The van der Waals surface area contributed by atoms with Gasteiger partial charge in [0, 0.05) is 31.0 Å². The van der Waals surface area contributed by atoms with Gasteiger partial charge in [-0.1, -0.05) is 43.2 Å². The maximum absolute atomic E-state index is 13.0. The molecule has 3 amide bonds. The number of carbonyl (C=O) groups excluding carboxylic acids is 2. The van der Waals surface area contributed by atoms with E-state index >= 15 is 0 Å². The largest absolute Gasteiger partial charge is 0.394 e. The van der Waals surface area contributed by atoms with Crippen molar-refractivity contribution in [1.82, 2.24) is 15.1 Å². The molecule has 2 saturated carbocycles.